The summed E-state index contributed by atoms with van der Waals surface area (Å²) in [6.07, 6.45) is 8.15. The molecule has 1 aromatic carbocycles. The number of nitrogens with zero attached hydrogens (tertiary/aromatic N) is 2. The number of nitro groups is 1. The monoisotopic (exact) mass is 412 g/mol. The Morgan fingerprint density at radius 3 is 2.20 bits per heavy atom. The number of benzene rings is 1. The summed E-state index contributed by atoms with van der Waals surface area (Å²) in [6.45, 7) is 8.52. The molecule has 2 N–H and O–H groups in total. The Morgan fingerprint density at radius 1 is 1.10 bits per heavy atom. The molecule has 5 fully saturated rings. The minimum Gasteiger partial charge on any atom is -0.376 e. The van der Waals surface area contributed by atoms with Gasteiger partial charge in [-0.25, -0.2) is 0 Å². The van der Waals surface area contributed by atoms with E-state index in [-0.39, 0.29) is 16.7 Å². The van der Waals surface area contributed by atoms with E-state index in [1.807, 2.05) is 12.1 Å². The van der Waals surface area contributed by atoms with Gasteiger partial charge in [-0.3, -0.25) is 10.1 Å². The average molecular weight is 413 g/mol. The quantitative estimate of drug-likeness (QED) is 0.537. The molecule has 4 saturated carbocycles. The minimum absolute atomic E-state index is 0.201. The van der Waals surface area contributed by atoms with Crippen LogP contribution in [0.4, 0.5) is 17.1 Å². The lowest BCUT2D eigenvalue weighted by molar-refractivity contribution is -0.384. The van der Waals surface area contributed by atoms with Crippen molar-refractivity contribution in [2.24, 2.45) is 23.2 Å². The van der Waals surface area contributed by atoms with Gasteiger partial charge in [-0.05, 0) is 94.6 Å². The highest BCUT2D eigenvalue weighted by atomic mass is 16.6. The van der Waals surface area contributed by atoms with E-state index >= 15 is 0 Å². The highest BCUT2D eigenvalue weighted by Crippen LogP contribution is 2.61. The lowest BCUT2D eigenvalue weighted by Crippen LogP contribution is -2.54. The predicted octanol–water partition coefficient (Wildman–Crippen LogP) is 4.80. The summed E-state index contributed by atoms with van der Waals surface area (Å²) in [4.78, 5) is 13.9. The minimum atomic E-state index is -0.235. The van der Waals surface area contributed by atoms with Crippen LogP contribution in [-0.4, -0.2) is 36.1 Å². The second-order valence-corrected chi connectivity index (χ2v) is 11.0. The van der Waals surface area contributed by atoms with Crippen molar-refractivity contribution in [2.45, 2.75) is 77.4 Å². The number of rotatable bonds is 5. The maximum Gasteiger partial charge on any atom is 0.292 e. The lowest BCUT2D eigenvalue weighted by atomic mass is 9.48. The summed E-state index contributed by atoms with van der Waals surface area (Å²) in [6, 6.07) is 6.73. The topological polar surface area (TPSA) is 70.4 Å². The molecule has 4 bridgehead atoms. The lowest BCUT2D eigenvalue weighted by Gasteiger charge is -2.59. The predicted molar refractivity (Wildman–Crippen MR) is 121 cm³/mol. The number of hydrogen-bond donors (Lipinski definition) is 2. The smallest absolute Gasteiger partial charge is 0.292 e. The van der Waals surface area contributed by atoms with E-state index in [1.165, 1.54) is 38.5 Å². The van der Waals surface area contributed by atoms with Crippen molar-refractivity contribution < 1.29 is 4.92 Å². The van der Waals surface area contributed by atoms with Crippen LogP contribution >= 0.6 is 0 Å². The van der Waals surface area contributed by atoms with Gasteiger partial charge in [-0.1, -0.05) is 0 Å². The van der Waals surface area contributed by atoms with Gasteiger partial charge in [0.05, 0.1) is 4.92 Å². The van der Waals surface area contributed by atoms with Gasteiger partial charge in [0, 0.05) is 43.0 Å². The van der Waals surface area contributed by atoms with Crippen LogP contribution in [0.15, 0.2) is 18.2 Å². The molecule has 1 saturated heterocycles. The Labute approximate surface area is 179 Å². The SMILES string of the molecule is C[C@@H]1CN(c2ccc([N+](=O)[O-])c(N[C@@H](C)C34CC5CC(CC(C5)C3)C4)c2)C[C@H](C)N1. The molecule has 3 atom stereocenters. The van der Waals surface area contributed by atoms with Gasteiger partial charge < -0.3 is 15.5 Å². The number of nitrogens with one attached hydrogen (secondary N) is 2. The average Bonchev–Trinajstić information content (AvgIpc) is 2.66. The first-order valence-corrected chi connectivity index (χ1v) is 11.9. The summed E-state index contributed by atoms with van der Waals surface area (Å²) in [5, 5.41) is 19.0. The molecule has 4 aliphatic carbocycles. The molecule has 0 aromatic heterocycles. The molecule has 1 aromatic rings. The fourth-order valence-electron chi connectivity index (χ4n) is 7.63. The van der Waals surface area contributed by atoms with Crippen molar-refractivity contribution in [1.29, 1.82) is 0 Å². The van der Waals surface area contributed by atoms with E-state index in [0.717, 1.165) is 36.5 Å². The summed E-state index contributed by atoms with van der Waals surface area (Å²) in [7, 11) is 0. The van der Waals surface area contributed by atoms with Crippen LogP contribution in [0.1, 0.15) is 59.3 Å². The molecule has 5 aliphatic rings. The highest BCUT2D eigenvalue weighted by molar-refractivity contribution is 5.69. The van der Waals surface area contributed by atoms with Gasteiger partial charge in [0.2, 0.25) is 0 Å². The number of anilines is 2. The van der Waals surface area contributed by atoms with Crippen LogP contribution in [-0.2, 0) is 0 Å². The molecule has 1 aliphatic heterocycles. The van der Waals surface area contributed by atoms with Crippen LogP contribution in [0.3, 0.4) is 0 Å². The zero-order chi connectivity index (χ0) is 21.0. The van der Waals surface area contributed by atoms with Crippen LogP contribution in [0, 0.1) is 33.3 Å². The molecule has 164 valence electrons. The normalized spacial score (nSPS) is 38.5. The van der Waals surface area contributed by atoms with Crippen molar-refractivity contribution in [3.05, 3.63) is 28.3 Å². The van der Waals surface area contributed by atoms with E-state index < -0.39 is 0 Å². The van der Waals surface area contributed by atoms with Crippen molar-refractivity contribution in [2.75, 3.05) is 23.3 Å². The zero-order valence-corrected chi connectivity index (χ0v) is 18.6. The standard InChI is InChI=1S/C24H36N4O2/c1-15-13-27(14-16(2)25-15)21-4-5-23(28(29)30)22(9-21)26-17(3)24-10-18-6-19(11-24)8-20(7-18)12-24/h4-5,9,15-20,25-26H,6-8,10-14H2,1-3H3/t15-,16+,17-,18?,19?,20?,24?/m0/s1. The second kappa shape index (κ2) is 7.40. The van der Waals surface area contributed by atoms with E-state index in [2.05, 4.69) is 36.3 Å². The summed E-state index contributed by atoms with van der Waals surface area (Å²) in [5.41, 5.74) is 2.30. The molecule has 6 rings (SSSR count). The van der Waals surface area contributed by atoms with E-state index in [0.29, 0.717) is 23.2 Å². The first-order chi connectivity index (χ1) is 14.3. The van der Waals surface area contributed by atoms with Crippen LogP contribution < -0.4 is 15.5 Å². The first-order valence-electron chi connectivity index (χ1n) is 11.9. The summed E-state index contributed by atoms with van der Waals surface area (Å²) >= 11 is 0. The van der Waals surface area contributed by atoms with Crippen LogP contribution in [0.5, 0.6) is 0 Å². The summed E-state index contributed by atoms with van der Waals surface area (Å²) < 4.78 is 0. The van der Waals surface area contributed by atoms with Gasteiger partial charge in [-0.2, -0.15) is 0 Å². The Morgan fingerprint density at radius 2 is 1.67 bits per heavy atom. The summed E-state index contributed by atoms with van der Waals surface area (Å²) in [5.74, 6) is 2.64. The number of hydrogen-bond acceptors (Lipinski definition) is 5. The van der Waals surface area contributed by atoms with Crippen molar-refractivity contribution in [3.8, 4) is 0 Å². The Hall–Kier alpha value is -1.82. The molecular weight excluding hydrogens is 376 g/mol. The third-order valence-electron chi connectivity index (χ3n) is 8.48. The van der Waals surface area contributed by atoms with Crippen LogP contribution in [0.2, 0.25) is 0 Å². The second-order valence-electron chi connectivity index (χ2n) is 11.0. The molecule has 1 heterocycles. The number of nitro benzene ring substituents is 1. The molecule has 30 heavy (non-hydrogen) atoms. The van der Waals surface area contributed by atoms with Crippen molar-refractivity contribution in [3.63, 3.8) is 0 Å². The zero-order valence-electron chi connectivity index (χ0n) is 18.6. The van der Waals surface area contributed by atoms with Gasteiger partial charge >= 0.3 is 0 Å². The van der Waals surface area contributed by atoms with Crippen molar-refractivity contribution in [1.82, 2.24) is 5.32 Å². The molecule has 0 radical (unpaired) electrons. The third kappa shape index (κ3) is 3.57. The highest BCUT2D eigenvalue weighted by Gasteiger charge is 2.53. The Kier molecular flexibility index (Phi) is 4.96. The van der Waals surface area contributed by atoms with Gasteiger partial charge in [0.25, 0.3) is 5.69 Å². The first kappa shape index (κ1) is 20.1. The van der Waals surface area contributed by atoms with Crippen molar-refractivity contribution >= 4 is 17.1 Å². The van der Waals surface area contributed by atoms with E-state index in [9.17, 15) is 10.1 Å². The molecular formula is C24H36N4O2. The van der Waals surface area contributed by atoms with Gasteiger partial charge in [-0.15, -0.1) is 0 Å². The maximum atomic E-state index is 11.8. The van der Waals surface area contributed by atoms with Crippen LogP contribution in [0.25, 0.3) is 0 Å². The fourth-order valence-corrected chi connectivity index (χ4v) is 7.63. The van der Waals surface area contributed by atoms with E-state index in [1.54, 1.807) is 6.07 Å². The Bertz CT molecular complexity index is 780. The number of piperazine rings is 1. The van der Waals surface area contributed by atoms with Gasteiger partial charge in [0.1, 0.15) is 5.69 Å². The van der Waals surface area contributed by atoms with Gasteiger partial charge in [0.15, 0.2) is 0 Å². The largest absolute Gasteiger partial charge is 0.376 e. The fraction of sp³-hybridized carbons (Fsp3) is 0.750. The molecule has 0 unspecified atom stereocenters. The molecule has 6 heteroatoms. The molecule has 0 spiro atoms. The third-order valence-corrected chi connectivity index (χ3v) is 8.48. The maximum absolute atomic E-state index is 11.8. The van der Waals surface area contributed by atoms with E-state index in [4.69, 9.17) is 0 Å². The Balaban J connectivity index is 1.41. The molecule has 0 amide bonds. The molecule has 6 nitrogen and oxygen atoms in total.